The second-order valence-corrected chi connectivity index (χ2v) is 8.64. The monoisotopic (exact) mass is 382 g/mol. The Hall–Kier alpha value is -2.35. The number of carbonyl (C=O) groups excluding carboxylic acids is 1. The van der Waals surface area contributed by atoms with E-state index in [9.17, 15) is 4.79 Å². The third kappa shape index (κ3) is 3.09. The molecule has 1 saturated carbocycles. The van der Waals surface area contributed by atoms with Gasteiger partial charge in [-0.25, -0.2) is 4.98 Å². The van der Waals surface area contributed by atoms with Crippen LogP contribution in [0.4, 0.5) is 0 Å². The molecule has 0 N–H and O–H groups in total. The van der Waals surface area contributed by atoms with Crippen LogP contribution in [0.15, 0.2) is 23.1 Å². The average molecular weight is 382 g/mol. The lowest BCUT2D eigenvalue weighted by atomic mass is 9.76. The molecule has 28 heavy (non-hydrogen) atoms. The maximum absolute atomic E-state index is 12.6. The van der Waals surface area contributed by atoms with E-state index in [2.05, 4.69) is 27.1 Å². The van der Waals surface area contributed by atoms with Gasteiger partial charge in [-0.2, -0.15) is 4.98 Å². The minimum absolute atomic E-state index is 0.0193. The molecule has 1 spiro atoms. The predicted molar refractivity (Wildman–Crippen MR) is 100 cm³/mol. The number of amides is 1. The number of hydrogen-bond donors (Lipinski definition) is 0. The lowest BCUT2D eigenvalue weighted by Gasteiger charge is -2.39. The Morgan fingerprint density at radius 1 is 1.25 bits per heavy atom. The molecule has 0 bridgehead atoms. The maximum atomic E-state index is 12.6. The van der Waals surface area contributed by atoms with E-state index in [1.807, 2.05) is 4.90 Å². The molecule has 1 amide bonds. The van der Waals surface area contributed by atoms with Crippen molar-refractivity contribution in [1.82, 2.24) is 29.9 Å². The van der Waals surface area contributed by atoms with E-state index >= 15 is 0 Å². The number of likely N-dealkylation sites (tertiary alicyclic amines) is 2. The van der Waals surface area contributed by atoms with Crippen LogP contribution in [-0.4, -0.2) is 62.5 Å². The summed E-state index contributed by atoms with van der Waals surface area (Å²) in [5.41, 5.74) is 0.644. The van der Waals surface area contributed by atoms with Gasteiger partial charge in [-0.05, 0) is 44.6 Å². The molecule has 0 radical (unpaired) electrons. The van der Waals surface area contributed by atoms with Gasteiger partial charge < -0.3 is 9.42 Å². The Balaban J connectivity index is 1.24. The summed E-state index contributed by atoms with van der Waals surface area (Å²) in [6.07, 6.45) is 11.3. The van der Waals surface area contributed by atoms with Gasteiger partial charge in [-0.3, -0.25) is 14.7 Å². The van der Waals surface area contributed by atoms with Gasteiger partial charge in [-0.1, -0.05) is 11.6 Å². The lowest BCUT2D eigenvalue weighted by molar-refractivity contribution is 0.0587. The Bertz CT molecular complexity index is 841. The minimum atomic E-state index is -0.0193. The molecule has 2 aliphatic heterocycles. The zero-order valence-electron chi connectivity index (χ0n) is 16.3. The summed E-state index contributed by atoms with van der Waals surface area (Å²) in [5, 5.41) is 4.30. The van der Waals surface area contributed by atoms with Gasteiger partial charge in [0.2, 0.25) is 5.89 Å². The van der Waals surface area contributed by atoms with Crippen molar-refractivity contribution in [1.29, 1.82) is 0 Å². The van der Waals surface area contributed by atoms with Crippen molar-refractivity contribution in [2.24, 2.45) is 5.41 Å². The first-order valence-electron chi connectivity index (χ1n) is 10.2. The molecule has 1 aliphatic carbocycles. The molecule has 8 nitrogen and oxygen atoms in total. The Kier molecular flexibility index (Phi) is 4.38. The van der Waals surface area contributed by atoms with Crippen molar-refractivity contribution < 1.29 is 9.32 Å². The van der Waals surface area contributed by atoms with Crippen LogP contribution >= 0.6 is 0 Å². The molecule has 1 atom stereocenters. The highest BCUT2D eigenvalue weighted by molar-refractivity contribution is 5.92. The van der Waals surface area contributed by atoms with Crippen molar-refractivity contribution in [2.45, 2.75) is 50.5 Å². The molecule has 8 heteroatoms. The molecule has 1 unspecified atom stereocenters. The molecule has 4 heterocycles. The normalized spacial score (nSPS) is 25.2. The van der Waals surface area contributed by atoms with Gasteiger partial charge in [0.05, 0.1) is 12.2 Å². The second kappa shape index (κ2) is 6.92. The molecular formula is C20H26N6O2. The fraction of sp³-hybridized carbons (Fsp3) is 0.650. The predicted octanol–water partition coefficient (Wildman–Crippen LogP) is 2.43. The molecule has 2 aromatic rings. The highest BCUT2D eigenvalue weighted by atomic mass is 16.5. The maximum Gasteiger partial charge on any atom is 0.274 e. The van der Waals surface area contributed by atoms with E-state index in [0.717, 1.165) is 50.6 Å². The number of carbonyl (C=O) groups is 1. The van der Waals surface area contributed by atoms with Crippen LogP contribution in [0.25, 0.3) is 0 Å². The van der Waals surface area contributed by atoms with Gasteiger partial charge in [-0.15, -0.1) is 0 Å². The second-order valence-electron chi connectivity index (χ2n) is 8.64. The van der Waals surface area contributed by atoms with E-state index in [0.29, 0.717) is 11.6 Å². The SMILES string of the molecule is CN1CC2(CCN(C(=O)c3cnccn3)CC2)CC1c1noc(C2CCC2)n1. The average Bonchev–Trinajstić information content (AvgIpc) is 3.26. The molecule has 148 valence electrons. The Labute approximate surface area is 164 Å². The Morgan fingerprint density at radius 2 is 2.07 bits per heavy atom. The number of hydrogen-bond acceptors (Lipinski definition) is 7. The highest BCUT2D eigenvalue weighted by Gasteiger charge is 2.47. The van der Waals surface area contributed by atoms with Crippen LogP contribution in [-0.2, 0) is 0 Å². The number of rotatable bonds is 3. The molecular weight excluding hydrogens is 356 g/mol. The molecule has 2 aromatic heterocycles. The van der Waals surface area contributed by atoms with Gasteiger partial charge in [0, 0.05) is 37.9 Å². The van der Waals surface area contributed by atoms with E-state index in [1.165, 1.54) is 19.3 Å². The third-order valence-electron chi connectivity index (χ3n) is 6.85. The zero-order chi connectivity index (χ0) is 19.1. The fourth-order valence-electron chi connectivity index (χ4n) is 4.88. The van der Waals surface area contributed by atoms with Crippen molar-refractivity contribution in [2.75, 3.05) is 26.7 Å². The summed E-state index contributed by atoms with van der Waals surface area (Å²) in [7, 11) is 2.15. The van der Waals surface area contributed by atoms with Crippen molar-refractivity contribution in [3.8, 4) is 0 Å². The quantitative estimate of drug-likeness (QED) is 0.805. The summed E-state index contributed by atoms with van der Waals surface area (Å²) in [6.45, 7) is 2.53. The molecule has 3 aliphatic rings. The number of aromatic nitrogens is 4. The van der Waals surface area contributed by atoms with E-state index < -0.39 is 0 Å². The molecule has 2 saturated heterocycles. The largest absolute Gasteiger partial charge is 0.339 e. The first-order valence-corrected chi connectivity index (χ1v) is 10.2. The number of piperidine rings is 1. The van der Waals surface area contributed by atoms with Crippen molar-refractivity contribution in [3.05, 3.63) is 36.0 Å². The van der Waals surface area contributed by atoms with Crippen LogP contribution in [0.2, 0.25) is 0 Å². The number of nitrogens with zero attached hydrogens (tertiary/aromatic N) is 6. The van der Waals surface area contributed by atoms with Gasteiger partial charge in [0.25, 0.3) is 5.91 Å². The highest BCUT2D eigenvalue weighted by Crippen LogP contribution is 2.48. The first kappa shape index (κ1) is 17.7. The summed E-state index contributed by atoms with van der Waals surface area (Å²) in [5.74, 6) is 2.10. The van der Waals surface area contributed by atoms with Crippen LogP contribution in [0, 0.1) is 5.41 Å². The summed E-state index contributed by atoms with van der Waals surface area (Å²) >= 11 is 0. The van der Waals surface area contributed by atoms with Crippen molar-refractivity contribution in [3.63, 3.8) is 0 Å². The van der Waals surface area contributed by atoms with Gasteiger partial charge in [0.15, 0.2) is 5.82 Å². The topological polar surface area (TPSA) is 88.2 Å². The molecule has 0 aromatic carbocycles. The van der Waals surface area contributed by atoms with Gasteiger partial charge >= 0.3 is 0 Å². The van der Waals surface area contributed by atoms with Gasteiger partial charge in [0.1, 0.15) is 5.69 Å². The molecule has 5 rings (SSSR count). The first-order chi connectivity index (χ1) is 13.6. The van der Waals surface area contributed by atoms with Crippen LogP contribution in [0.1, 0.15) is 72.7 Å². The van der Waals surface area contributed by atoms with Crippen LogP contribution in [0.3, 0.4) is 0 Å². The van der Waals surface area contributed by atoms with Crippen LogP contribution < -0.4 is 0 Å². The summed E-state index contributed by atoms with van der Waals surface area (Å²) in [4.78, 5) is 29.8. The van der Waals surface area contributed by atoms with Crippen molar-refractivity contribution >= 4 is 5.91 Å². The third-order valence-corrected chi connectivity index (χ3v) is 6.85. The summed E-state index contributed by atoms with van der Waals surface area (Å²) in [6, 6.07) is 0.208. The smallest absolute Gasteiger partial charge is 0.274 e. The minimum Gasteiger partial charge on any atom is -0.339 e. The summed E-state index contributed by atoms with van der Waals surface area (Å²) < 4.78 is 5.55. The van der Waals surface area contributed by atoms with E-state index in [4.69, 9.17) is 9.51 Å². The molecule has 3 fully saturated rings. The zero-order valence-corrected chi connectivity index (χ0v) is 16.3. The lowest BCUT2D eigenvalue weighted by Crippen LogP contribution is -2.44. The van der Waals surface area contributed by atoms with E-state index in [1.54, 1.807) is 18.6 Å². The Morgan fingerprint density at radius 3 is 2.75 bits per heavy atom. The van der Waals surface area contributed by atoms with Crippen LogP contribution in [0.5, 0.6) is 0 Å². The van der Waals surface area contributed by atoms with E-state index in [-0.39, 0.29) is 17.4 Å². The fourth-order valence-corrected chi connectivity index (χ4v) is 4.88. The standard InChI is InChI=1S/C20H26N6O2/c1-25-13-20(11-16(25)17-23-18(28-24-17)14-3-2-4-14)5-9-26(10-6-20)19(27)15-12-21-7-8-22-15/h7-8,12,14,16H,2-6,9-11,13H2,1H3.